The summed E-state index contributed by atoms with van der Waals surface area (Å²) >= 11 is 6.26. The van der Waals surface area contributed by atoms with Crippen molar-refractivity contribution in [2.24, 2.45) is 0 Å². The van der Waals surface area contributed by atoms with Gasteiger partial charge in [0.1, 0.15) is 0 Å². The maximum atomic E-state index is 6.53. The molecule has 0 heterocycles. The maximum Gasteiger partial charge on any atom is 0.341 e. The van der Waals surface area contributed by atoms with Gasteiger partial charge < -0.3 is 8.85 Å². The molecule has 4 heteroatoms. The molecule has 2 nitrogen and oxygen atoms in total. The molecule has 0 aromatic carbocycles. The molecule has 0 saturated heterocycles. The van der Waals surface area contributed by atoms with Gasteiger partial charge in [0.15, 0.2) is 0 Å². The first-order chi connectivity index (χ1) is 10.6. The van der Waals surface area contributed by atoms with E-state index < -0.39 is 8.56 Å². The predicted molar refractivity (Wildman–Crippen MR) is 99.0 cm³/mol. The van der Waals surface area contributed by atoms with E-state index in [2.05, 4.69) is 20.8 Å². The molecule has 1 fully saturated rings. The molecular formula is C18H37ClO2Si. The van der Waals surface area contributed by atoms with Crippen molar-refractivity contribution in [2.45, 2.75) is 102 Å². The summed E-state index contributed by atoms with van der Waals surface area (Å²) in [6.45, 7) is 8.19. The fraction of sp³-hybridized carbons (Fsp3) is 1.00. The summed E-state index contributed by atoms with van der Waals surface area (Å²) in [5.41, 5.74) is 0.668. The Labute approximate surface area is 144 Å². The molecule has 0 bridgehead atoms. The summed E-state index contributed by atoms with van der Waals surface area (Å²) in [4.78, 5) is 0. The third-order valence-electron chi connectivity index (χ3n) is 4.72. The first-order valence-electron chi connectivity index (χ1n) is 9.56. The molecule has 0 aliphatic heterocycles. The Balaban J connectivity index is 2.84. The van der Waals surface area contributed by atoms with Crippen LogP contribution in [0.3, 0.4) is 0 Å². The molecule has 0 aromatic heterocycles. The molecule has 1 aliphatic carbocycles. The van der Waals surface area contributed by atoms with Gasteiger partial charge in [-0.3, -0.25) is 0 Å². The van der Waals surface area contributed by atoms with Gasteiger partial charge in [0, 0.05) is 24.1 Å². The first kappa shape index (κ1) is 20.5. The Morgan fingerprint density at radius 1 is 0.955 bits per heavy atom. The lowest BCUT2D eigenvalue weighted by molar-refractivity contribution is 0.151. The fourth-order valence-corrected chi connectivity index (χ4v) is 8.24. The minimum atomic E-state index is -2.14. The average Bonchev–Trinajstić information content (AvgIpc) is 2.47. The maximum absolute atomic E-state index is 6.53. The fourth-order valence-electron chi connectivity index (χ4n) is 3.47. The lowest BCUT2D eigenvalue weighted by Gasteiger charge is -2.39. The van der Waals surface area contributed by atoms with E-state index in [9.17, 15) is 0 Å². The number of hydrogen-bond donors (Lipinski definition) is 0. The van der Waals surface area contributed by atoms with Crippen molar-refractivity contribution in [1.29, 1.82) is 0 Å². The topological polar surface area (TPSA) is 18.5 Å². The van der Waals surface area contributed by atoms with E-state index in [1.807, 2.05) is 0 Å². The molecule has 0 aromatic rings. The quantitative estimate of drug-likeness (QED) is 0.335. The first-order valence-corrected chi connectivity index (χ1v) is 12.1. The summed E-state index contributed by atoms with van der Waals surface area (Å²) in [6, 6.07) is 1.07. The van der Waals surface area contributed by atoms with E-state index >= 15 is 0 Å². The Morgan fingerprint density at radius 3 is 1.91 bits per heavy atom. The molecule has 1 saturated carbocycles. The minimum Gasteiger partial charge on any atom is -0.394 e. The van der Waals surface area contributed by atoms with Crippen LogP contribution in [0.2, 0.25) is 11.6 Å². The van der Waals surface area contributed by atoms with Gasteiger partial charge in [0.25, 0.3) is 0 Å². The summed E-state index contributed by atoms with van der Waals surface area (Å²) in [5.74, 6) is 0. The van der Waals surface area contributed by atoms with Gasteiger partial charge in [-0.15, -0.1) is 11.6 Å². The molecule has 0 spiro atoms. The van der Waals surface area contributed by atoms with Gasteiger partial charge in [-0.1, -0.05) is 46.0 Å². The molecule has 0 radical (unpaired) electrons. The second kappa shape index (κ2) is 11.9. The number of rotatable bonds is 10. The van der Waals surface area contributed by atoms with Crippen LogP contribution in [0.4, 0.5) is 0 Å². The highest BCUT2D eigenvalue weighted by Gasteiger charge is 2.45. The zero-order valence-electron chi connectivity index (χ0n) is 15.0. The zero-order chi connectivity index (χ0) is 16.3. The average molecular weight is 349 g/mol. The molecule has 1 atom stereocenters. The van der Waals surface area contributed by atoms with Crippen molar-refractivity contribution < 1.29 is 8.85 Å². The number of alkyl halides is 1. The highest BCUT2D eigenvalue weighted by molar-refractivity contribution is 6.69. The standard InChI is InChI=1S/C18H37ClO2Si/c1-4-14-20-22(21-15-5-2,16-13-17(3)19)18-11-9-7-6-8-10-12-18/h17-18H,4-16H2,1-3H3. The van der Waals surface area contributed by atoms with Crippen LogP contribution >= 0.6 is 11.6 Å². The van der Waals surface area contributed by atoms with E-state index in [4.69, 9.17) is 20.5 Å². The summed E-state index contributed by atoms with van der Waals surface area (Å²) < 4.78 is 13.1. The van der Waals surface area contributed by atoms with Crippen LogP contribution in [0.25, 0.3) is 0 Å². The van der Waals surface area contributed by atoms with Crippen molar-refractivity contribution in [3.8, 4) is 0 Å². The Morgan fingerprint density at radius 2 is 1.45 bits per heavy atom. The van der Waals surface area contributed by atoms with Gasteiger partial charge in [0.2, 0.25) is 0 Å². The van der Waals surface area contributed by atoms with Crippen LogP contribution in [0.5, 0.6) is 0 Å². The minimum absolute atomic E-state index is 0.218. The van der Waals surface area contributed by atoms with Crippen LogP contribution in [-0.4, -0.2) is 27.2 Å². The highest BCUT2D eigenvalue weighted by Crippen LogP contribution is 2.40. The number of halogens is 1. The van der Waals surface area contributed by atoms with Crippen LogP contribution < -0.4 is 0 Å². The van der Waals surface area contributed by atoms with Crippen LogP contribution in [0, 0.1) is 0 Å². The second-order valence-electron chi connectivity index (χ2n) is 6.87. The monoisotopic (exact) mass is 348 g/mol. The molecule has 132 valence electrons. The van der Waals surface area contributed by atoms with Crippen LogP contribution in [-0.2, 0) is 8.85 Å². The van der Waals surface area contributed by atoms with Crippen LogP contribution in [0.15, 0.2) is 0 Å². The summed E-state index contributed by atoms with van der Waals surface area (Å²) in [5, 5.41) is 0.218. The lowest BCUT2D eigenvalue weighted by Crippen LogP contribution is -2.48. The van der Waals surface area contributed by atoms with E-state index in [-0.39, 0.29) is 5.38 Å². The van der Waals surface area contributed by atoms with Gasteiger partial charge in [0.05, 0.1) is 0 Å². The second-order valence-corrected chi connectivity index (χ2v) is 11.1. The van der Waals surface area contributed by atoms with Gasteiger partial charge in [-0.2, -0.15) is 0 Å². The van der Waals surface area contributed by atoms with E-state index in [0.29, 0.717) is 5.54 Å². The Kier molecular flexibility index (Phi) is 11.1. The molecule has 0 N–H and O–H groups in total. The Bertz CT molecular complexity index is 258. The smallest absolute Gasteiger partial charge is 0.341 e. The highest BCUT2D eigenvalue weighted by atomic mass is 35.5. The molecule has 22 heavy (non-hydrogen) atoms. The predicted octanol–water partition coefficient (Wildman–Crippen LogP) is 6.41. The van der Waals surface area contributed by atoms with Gasteiger partial charge in [-0.05, 0) is 45.1 Å². The van der Waals surface area contributed by atoms with Crippen molar-refractivity contribution in [3.63, 3.8) is 0 Å². The van der Waals surface area contributed by atoms with Crippen molar-refractivity contribution in [2.75, 3.05) is 13.2 Å². The summed E-state index contributed by atoms with van der Waals surface area (Å²) in [7, 11) is -2.14. The van der Waals surface area contributed by atoms with E-state index in [1.54, 1.807) is 0 Å². The van der Waals surface area contributed by atoms with Gasteiger partial charge in [-0.25, -0.2) is 0 Å². The SMILES string of the molecule is CCCO[Si](CCC(C)Cl)(OCCC)C1CCCCCCC1. The molecular weight excluding hydrogens is 312 g/mol. The molecule has 1 unspecified atom stereocenters. The lowest BCUT2D eigenvalue weighted by atomic mass is 10.0. The van der Waals surface area contributed by atoms with Crippen molar-refractivity contribution in [3.05, 3.63) is 0 Å². The van der Waals surface area contributed by atoms with Crippen molar-refractivity contribution >= 4 is 20.2 Å². The normalized spacial score (nSPS) is 19.6. The van der Waals surface area contributed by atoms with Crippen molar-refractivity contribution in [1.82, 2.24) is 0 Å². The van der Waals surface area contributed by atoms with E-state index in [0.717, 1.165) is 38.5 Å². The molecule has 1 rings (SSSR count). The zero-order valence-corrected chi connectivity index (χ0v) is 16.8. The largest absolute Gasteiger partial charge is 0.394 e. The van der Waals surface area contributed by atoms with Gasteiger partial charge >= 0.3 is 8.56 Å². The van der Waals surface area contributed by atoms with Crippen LogP contribution in [0.1, 0.15) is 85.0 Å². The third-order valence-corrected chi connectivity index (χ3v) is 9.13. The molecule has 1 aliphatic rings. The number of hydrogen-bond acceptors (Lipinski definition) is 2. The van der Waals surface area contributed by atoms with E-state index in [1.165, 1.54) is 44.9 Å². The third kappa shape index (κ3) is 7.33. The molecule has 0 amide bonds. The Hall–Kier alpha value is 0.427. The summed E-state index contributed by atoms with van der Waals surface area (Å²) in [6.07, 6.45) is 12.7.